The van der Waals surface area contributed by atoms with Crippen LogP contribution in [0.3, 0.4) is 0 Å². The van der Waals surface area contributed by atoms with Crippen LogP contribution >= 0.6 is 46.8 Å². The first-order valence-corrected chi connectivity index (χ1v) is 10.5. The molecule has 4 nitrogen and oxygen atoms in total. The number of nitrogens with one attached hydrogen (secondary N) is 2. The molecule has 1 unspecified atom stereocenters. The van der Waals surface area contributed by atoms with Gasteiger partial charge in [-0.3, -0.25) is 4.90 Å². The molecular formula is C18H22Cl2N4S2. The summed E-state index contributed by atoms with van der Waals surface area (Å²) in [7, 11) is 2.17. The highest BCUT2D eigenvalue weighted by molar-refractivity contribution is 7.80. The van der Waals surface area contributed by atoms with Crippen LogP contribution in [-0.2, 0) is 0 Å². The van der Waals surface area contributed by atoms with E-state index in [0.29, 0.717) is 21.2 Å². The Morgan fingerprint density at radius 2 is 2.00 bits per heavy atom. The summed E-state index contributed by atoms with van der Waals surface area (Å²) in [6.45, 7) is 5.05. The number of hydrogen-bond acceptors (Lipinski definition) is 4. The van der Waals surface area contributed by atoms with Crippen LogP contribution in [0.15, 0.2) is 35.7 Å². The van der Waals surface area contributed by atoms with E-state index in [1.54, 1.807) is 23.5 Å². The van der Waals surface area contributed by atoms with E-state index < -0.39 is 0 Å². The maximum absolute atomic E-state index is 6.21. The van der Waals surface area contributed by atoms with Crippen LogP contribution in [0.5, 0.6) is 0 Å². The molecule has 26 heavy (non-hydrogen) atoms. The van der Waals surface area contributed by atoms with Crippen molar-refractivity contribution in [2.75, 3.05) is 45.1 Å². The number of piperazine rings is 1. The topological polar surface area (TPSA) is 30.5 Å². The first-order valence-electron chi connectivity index (χ1n) is 8.49. The van der Waals surface area contributed by atoms with E-state index in [2.05, 4.69) is 45.0 Å². The molecule has 8 heteroatoms. The summed E-state index contributed by atoms with van der Waals surface area (Å²) in [6, 6.07) is 9.93. The molecule has 0 radical (unpaired) electrons. The minimum atomic E-state index is 0.309. The third-order valence-corrected chi connectivity index (χ3v) is 6.25. The van der Waals surface area contributed by atoms with Crippen molar-refractivity contribution in [3.8, 4) is 0 Å². The number of halogens is 2. The lowest BCUT2D eigenvalue weighted by Crippen LogP contribution is -2.48. The molecule has 2 N–H and O–H groups in total. The molecule has 1 aliphatic rings. The van der Waals surface area contributed by atoms with Crippen LogP contribution in [0.25, 0.3) is 0 Å². The van der Waals surface area contributed by atoms with E-state index in [-0.39, 0.29) is 0 Å². The number of nitrogens with zero attached hydrogens (tertiary/aromatic N) is 2. The summed E-state index contributed by atoms with van der Waals surface area (Å²) in [5, 5.41) is 10.3. The molecule has 1 saturated heterocycles. The highest BCUT2D eigenvalue weighted by Gasteiger charge is 2.24. The first kappa shape index (κ1) is 19.9. The molecule has 140 valence electrons. The van der Waals surface area contributed by atoms with Gasteiger partial charge in [-0.2, -0.15) is 0 Å². The number of anilines is 1. The van der Waals surface area contributed by atoms with Crippen molar-refractivity contribution in [1.82, 2.24) is 15.1 Å². The van der Waals surface area contributed by atoms with Gasteiger partial charge >= 0.3 is 0 Å². The number of hydrogen-bond donors (Lipinski definition) is 2. The zero-order valence-electron chi connectivity index (χ0n) is 14.5. The second-order valence-electron chi connectivity index (χ2n) is 6.33. The SMILES string of the molecule is CN1CCN(C(CNC(=S)Nc2ccc(Cl)cc2Cl)c2cccs2)CC1. The highest BCUT2D eigenvalue weighted by Crippen LogP contribution is 2.27. The van der Waals surface area contributed by atoms with Crippen molar-refractivity contribution in [2.45, 2.75) is 6.04 Å². The van der Waals surface area contributed by atoms with Crippen LogP contribution < -0.4 is 10.6 Å². The quantitative estimate of drug-likeness (QED) is 0.691. The maximum atomic E-state index is 6.21. The standard InChI is InChI=1S/C18H22Cl2N4S2/c1-23-6-8-24(9-7-23)16(17-3-2-10-26-17)12-21-18(25)22-15-5-4-13(19)11-14(15)20/h2-5,10-11,16H,6-9,12H2,1H3,(H2,21,22,25). The summed E-state index contributed by atoms with van der Waals surface area (Å²) in [5.74, 6) is 0. The average Bonchev–Trinajstić information content (AvgIpc) is 3.13. The van der Waals surface area contributed by atoms with Gasteiger partial charge in [-0.15, -0.1) is 11.3 Å². The van der Waals surface area contributed by atoms with Gasteiger partial charge in [-0.1, -0.05) is 29.3 Å². The zero-order chi connectivity index (χ0) is 18.5. The molecule has 1 aromatic heterocycles. The van der Waals surface area contributed by atoms with Gasteiger partial charge in [0.2, 0.25) is 0 Å². The molecule has 0 amide bonds. The van der Waals surface area contributed by atoms with Crippen LogP contribution in [0, 0.1) is 0 Å². The predicted molar refractivity (Wildman–Crippen MR) is 117 cm³/mol. The van der Waals surface area contributed by atoms with Crippen molar-refractivity contribution in [3.05, 3.63) is 50.6 Å². The Bertz CT molecular complexity index is 731. The van der Waals surface area contributed by atoms with Crippen molar-refractivity contribution < 1.29 is 0 Å². The number of thiophene rings is 1. The monoisotopic (exact) mass is 428 g/mol. The summed E-state index contributed by atoms with van der Waals surface area (Å²) >= 11 is 19.4. The van der Waals surface area contributed by atoms with Gasteiger partial charge in [0.25, 0.3) is 0 Å². The Morgan fingerprint density at radius 3 is 2.65 bits per heavy atom. The fraction of sp³-hybridized carbons (Fsp3) is 0.389. The lowest BCUT2D eigenvalue weighted by atomic mass is 10.1. The second-order valence-corrected chi connectivity index (χ2v) is 8.56. The van der Waals surface area contributed by atoms with Crippen molar-refractivity contribution in [2.24, 2.45) is 0 Å². The van der Waals surface area contributed by atoms with Crippen molar-refractivity contribution >= 4 is 57.6 Å². The molecule has 1 aliphatic heterocycles. The number of rotatable bonds is 5. The van der Waals surface area contributed by atoms with Gasteiger partial charge in [0.05, 0.1) is 16.8 Å². The van der Waals surface area contributed by atoms with E-state index >= 15 is 0 Å². The van der Waals surface area contributed by atoms with Crippen LogP contribution in [0.1, 0.15) is 10.9 Å². The summed E-state index contributed by atoms with van der Waals surface area (Å²) < 4.78 is 0. The van der Waals surface area contributed by atoms with E-state index in [0.717, 1.165) is 38.4 Å². The fourth-order valence-corrected chi connectivity index (χ4v) is 4.48. The normalized spacial score (nSPS) is 17.0. The van der Waals surface area contributed by atoms with Crippen molar-refractivity contribution in [3.63, 3.8) is 0 Å². The number of benzene rings is 1. The van der Waals surface area contributed by atoms with Crippen LogP contribution in [0.4, 0.5) is 5.69 Å². The molecule has 0 bridgehead atoms. The van der Waals surface area contributed by atoms with Gasteiger partial charge in [-0.05, 0) is 48.9 Å². The van der Waals surface area contributed by atoms with Crippen LogP contribution in [-0.4, -0.2) is 54.7 Å². The average molecular weight is 429 g/mol. The first-order chi connectivity index (χ1) is 12.5. The largest absolute Gasteiger partial charge is 0.360 e. The molecule has 0 aliphatic carbocycles. The lowest BCUT2D eigenvalue weighted by Gasteiger charge is -2.37. The third kappa shape index (κ3) is 5.31. The third-order valence-electron chi connectivity index (χ3n) is 4.49. The minimum absolute atomic E-state index is 0.309. The van der Waals surface area contributed by atoms with Gasteiger partial charge in [0.1, 0.15) is 0 Å². The van der Waals surface area contributed by atoms with Crippen molar-refractivity contribution in [1.29, 1.82) is 0 Å². The Hall–Kier alpha value is -0.890. The molecule has 1 atom stereocenters. The van der Waals surface area contributed by atoms with Gasteiger partial charge < -0.3 is 15.5 Å². The van der Waals surface area contributed by atoms with Gasteiger partial charge in [-0.25, -0.2) is 0 Å². The number of thiocarbonyl (C=S) groups is 1. The highest BCUT2D eigenvalue weighted by atomic mass is 35.5. The Balaban J connectivity index is 1.61. The minimum Gasteiger partial charge on any atom is -0.360 e. The molecule has 1 aromatic carbocycles. The Morgan fingerprint density at radius 1 is 1.23 bits per heavy atom. The fourth-order valence-electron chi connectivity index (χ4n) is 2.97. The van der Waals surface area contributed by atoms with E-state index in [4.69, 9.17) is 35.4 Å². The maximum Gasteiger partial charge on any atom is 0.170 e. The smallest absolute Gasteiger partial charge is 0.170 e. The van der Waals surface area contributed by atoms with E-state index in [1.807, 2.05) is 6.07 Å². The van der Waals surface area contributed by atoms with E-state index in [9.17, 15) is 0 Å². The summed E-state index contributed by atoms with van der Waals surface area (Å²) in [4.78, 5) is 6.25. The molecule has 0 saturated carbocycles. The van der Waals surface area contributed by atoms with Crippen LogP contribution in [0.2, 0.25) is 10.0 Å². The molecule has 0 spiro atoms. The molecular weight excluding hydrogens is 407 g/mol. The summed E-state index contributed by atoms with van der Waals surface area (Å²) in [6.07, 6.45) is 0. The molecule has 2 heterocycles. The van der Waals surface area contributed by atoms with Gasteiger partial charge in [0, 0.05) is 42.6 Å². The summed E-state index contributed by atoms with van der Waals surface area (Å²) in [5.41, 5.74) is 0.751. The molecule has 3 rings (SSSR count). The van der Waals surface area contributed by atoms with E-state index in [1.165, 1.54) is 4.88 Å². The number of likely N-dealkylation sites (N-methyl/N-ethyl adjacent to an activating group) is 1. The lowest BCUT2D eigenvalue weighted by molar-refractivity contribution is 0.114. The predicted octanol–water partition coefficient (Wildman–Crippen LogP) is 4.33. The molecule has 1 fully saturated rings. The zero-order valence-corrected chi connectivity index (χ0v) is 17.7. The van der Waals surface area contributed by atoms with Gasteiger partial charge in [0.15, 0.2) is 5.11 Å². The second kappa shape index (κ2) is 9.35. The Kier molecular flexibility index (Phi) is 7.14. The Labute approximate surface area is 174 Å². The molecule has 2 aromatic rings.